The van der Waals surface area contributed by atoms with Crippen LogP contribution in [0.4, 0.5) is 0 Å². The summed E-state index contributed by atoms with van der Waals surface area (Å²) in [7, 11) is -3.80. The molecule has 0 bridgehead atoms. The summed E-state index contributed by atoms with van der Waals surface area (Å²) in [5, 5.41) is 3.19. The van der Waals surface area contributed by atoms with Crippen molar-refractivity contribution in [1.29, 1.82) is 0 Å². The van der Waals surface area contributed by atoms with Gasteiger partial charge in [0.2, 0.25) is 15.9 Å². The summed E-state index contributed by atoms with van der Waals surface area (Å²) in [6, 6.07) is 14.3. The third-order valence-corrected chi connectivity index (χ3v) is 8.61. The van der Waals surface area contributed by atoms with Crippen LogP contribution in [0.3, 0.4) is 0 Å². The quantitative estimate of drug-likeness (QED) is 0.609. The summed E-state index contributed by atoms with van der Waals surface area (Å²) < 4.78 is 28.7. The Bertz CT molecular complexity index is 1140. The van der Waals surface area contributed by atoms with Gasteiger partial charge in [-0.05, 0) is 55.9 Å². The molecule has 1 aliphatic heterocycles. The highest BCUT2D eigenvalue weighted by molar-refractivity contribution is 7.89. The molecule has 0 spiro atoms. The zero-order valence-electron chi connectivity index (χ0n) is 20.3. The summed E-state index contributed by atoms with van der Waals surface area (Å²) >= 11 is 0. The molecule has 0 aromatic heterocycles. The van der Waals surface area contributed by atoms with E-state index in [4.69, 9.17) is 0 Å². The van der Waals surface area contributed by atoms with Crippen molar-refractivity contribution in [3.8, 4) is 0 Å². The van der Waals surface area contributed by atoms with Crippen LogP contribution in [-0.2, 0) is 21.4 Å². The predicted octanol–water partition coefficient (Wildman–Crippen LogP) is 3.77. The summed E-state index contributed by atoms with van der Waals surface area (Å²) in [5.74, 6) is -0.429. The number of rotatable bonds is 7. The van der Waals surface area contributed by atoms with Gasteiger partial charge in [0.15, 0.2) is 0 Å². The van der Waals surface area contributed by atoms with Gasteiger partial charge in [0, 0.05) is 31.2 Å². The lowest BCUT2D eigenvalue weighted by atomic mass is 9.92. The number of benzene rings is 2. The highest BCUT2D eigenvalue weighted by Gasteiger charge is 2.31. The van der Waals surface area contributed by atoms with Crippen molar-refractivity contribution < 1.29 is 18.0 Å². The van der Waals surface area contributed by atoms with Crippen LogP contribution in [0.1, 0.15) is 66.4 Å². The molecule has 2 N–H and O–H groups in total. The number of hydrogen-bond acceptors (Lipinski definition) is 4. The van der Waals surface area contributed by atoms with Gasteiger partial charge < -0.3 is 10.2 Å². The Labute approximate surface area is 208 Å². The molecule has 2 aromatic rings. The van der Waals surface area contributed by atoms with Crippen molar-refractivity contribution in [2.45, 2.75) is 69.4 Å². The molecule has 1 saturated heterocycles. The molecule has 2 fully saturated rings. The number of piperidine rings is 1. The smallest absolute Gasteiger partial charge is 0.253 e. The lowest BCUT2D eigenvalue weighted by molar-refractivity contribution is -0.127. The number of nitrogens with zero attached hydrogens (tertiary/aromatic N) is 1. The van der Waals surface area contributed by atoms with Crippen LogP contribution in [0, 0.1) is 12.8 Å². The maximum atomic E-state index is 13.3. The fraction of sp³-hybridized carbons (Fsp3) is 0.481. The zero-order chi connectivity index (χ0) is 24.8. The minimum Gasteiger partial charge on any atom is -0.353 e. The van der Waals surface area contributed by atoms with E-state index in [-0.39, 0.29) is 35.2 Å². The largest absolute Gasteiger partial charge is 0.353 e. The molecule has 35 heavy (non-hydrogen) atoms. The number of carbonyl (C=O) groups is 2. The predicted molar refractivity (Wildman–Crippen MR) is 135 cm³/mol. The van der Waals surface area contributed by atoms with Gasteiger partial charge >= 0.3 is 0 Å². The normalized spacial score (nSPS) is 19.3. The van der Waals surface area contributed by atoms with Gasteiger partial charge in [-0.1, -0.05) is 55.7 Å². The minimum absolute atomic E-state index is 0.0340. The molecule has 2 aromatic carbocycles. The Hall–Kier alpha value is -2.71. The highest BCUT2D eigenvalue weighted by Crippen LogP contribution is 2.24. The number of aryl methyl sites for hydroxylation is 1. The van der Waals surface area contributed by atoms with Gasteiger partial charge in [0.25, 0.3) is 5.91 Å². The van der Waals surface area contributed by atoms with Crippen molar-refractivity contribution >= 4 is 21.8 Å². The van der Waals surface area contributed by atoms with Crippen LogP contribution < -0.4 is 10.0 Å². The Balaban J connectivity index is 1.43. The first-order valence-corrected chi connectivity index (χ1v) is 14.1. The maximum absolute atomic E-state index is 13.3. The minimum atomic E-state index is -3.80. The van der Waals surface area contributed by atoms with Crippen LogP contribution >= 0.6 is 0 Å². The third-order valence-electron chi connectivity index (χ3n) is 7.06. The number of carbonyl (C=O) groups excluding carboxylic acids is 2. The molecule has 7 nitrogen and oxygen atoms in total. The fourth-order valence-electron chi connectivity index (χ4n) is 5.00. The van der Waals surface area contributed by atoms with E-state index in [1.54, 1.807) is 24.0 Å². The number of nitrogens with one attached hydrogen (secondary N) is 2. The van der Waals surface area contributed by atoms with Crippen molar-refractivity contribution in [1.82, 2.24) is 14.9 Å². The second kappa shape index (κ2) is 11.4. The lowest BCUT2D eigenvalue weighted by Crippen LogP contribution is -2.48. The van der Waals surface area contributed by atoms with Crippen molar-refractivity contribution in [2.24, 2.45) is 5.92 Å². The van der Waals surface area contributed by atoms with E-state index < -0.39 is 10.0 Å². The molecule has 1 atom stereocenters. The third kappa shape index (κ3) is 6.49. The lowest BCUT2D eigenvalue weighted by Gasteiger charge is -2.33. The Morgan fingerprint density at radius 1 is 0.971 bits per heavy atom. The zero-order valence-corrected chi connectivity index (χ0v) is 21.1. The van der Waals surface area contributed by atoms with Crippen LogP contribution in [-0.4, -0.2) is 44.3 Å². The molecular formula is C27H35N3O4S. The molecule has 2 amide bonds. The summed E-state index contributed by atoms with van der Waals surface area (Å²) in [4.78, 5) is 27.9. The Morgan fingerprint density at radius 3 is 2.46 bits per heavy atom. The molecule has 1 saturated carbocycles. The number of sulfonamides is 1. The maximum Gasteiger partial charge on any atom is 0.253 e. The van der Waals surface area contributed by atoms with Crippen LogP contribution in [0.2, 0.25) is 0 Å². The molecule has 1 unspecified atom stereocenters. The van der Waals surface area contributed by atoms with Gasteiger partial charge in [-0.15, -0.1) is 0 Å². The van der Waals surface area contributed by atoms with E-state index in [2.05, 4.69) is 10.0 Å². The molecule has 1 aliphatic carbocycles. The van der Waals surface area contributed by atoms with Crippen molar-refractivity contribution in [3.63, 3.8) is 0 Å². The number of amides is 2. The van der Waals surface area contributed by atoms with Gasteiger partial charge in [-0.3, -0.25) is 9.59 Å². The van der Waals surface area contributed by atoms with E-state index in [0.717, 1.165) is 44.1 Å². The first kappa shape index (κ1) is 25.4. The second-order valence-corrected chi connectivity index (χ2v) is 11.5. The van der Waals surface area contributed by atoms with E-state index >= 15 is 0 Å². The van der Waals surface area contributed by atoms with Gasteiger partial charge in [0.1, 0.15) is 0 Å². The van der Waals surface area contributed by atoms with Gasteiger partial charge in [-0.2, -0.15) is 0 Å². The molecule has 2 aliphatic rings. The monoisotopic (exact) mass is 497 g/mol. The average molecular weight is 498 g/mol. The fourth-order valence-corrected chi connectivity index (χ4v) is 6.28. The van der Waals surface area contributed by atoms with E-state index in [1.165, 1.54) is 12.5 Å². The molecule has 0 radical (unpaired) electrons. The highest BCUT2D eigenvalue weighted by atomic mass is 32.2. The Kier molecular flexibility index (Phi) is 8.23. The molecule has 8 heteroatoms. The summed E-state index contributed by atoms with van der Waals surface area (Å²) in [6.45, 7) is 2.82. The Morgan fingerprint density at radius 2 is 1.71 bits per heavy atom. The van der Waals surface area contributed by atoms with E-state index in [1.807, 2.05) is 30.3 Å². The average Bonchev–Trinajstić information content (AvgIpc) is 2.88. The summed E-state index contributed by atoms with van der Waals surface area (Å²) in [6.07, 6.45) is 7.11. The van der Waals surface area contributed by atoms with Crippen LogP contribution in [0.5, 0.6) is 0 Å². The van der Waals surface area contributed by atoms with Gasteiger partial charge in [-0.25, -0.2) is 13.1 Å². The number of hydrogen-bond donors (Lipinski definition) is 2. The second-order valence-electron chi connectivity index (χ2n) is 9.72. The molecular weight excluding hydrogens is 462 g/mol. The molecule has 188 valence electrons. The first-order chi connectivity index (χ1) is 16.8. The van der Waals surface area contributed by atoms with Crippen LogP contribution in [0.15, 0.2) is 53.4 Å². The van der Waals surface area contributed by atoms with Crippen molar-refractivity contribution in [3.05, 3.63) is 65.2 Å². The first-order valence-electron chi connectivity index (χ1n) is 12.6. The topological polar surface area (TPSA) is 95.6 Å². The van der Waals surface area contributed by atoms with E-state index in [0.29, 0.717) is 24.2 Å². The standard InChI is InChI=1S/C27H35N3O4S/c1-20-14-15-22(17-25(20)35(33,34)28-18-21-9-4-2-5-10-21)27(32)30-16-8-11-23(19-30)26(31)29-24-12-6-3-7-13-24/h2,4-5,9-10,14-15,17,23-24,28H,3,6-8,11-13,16,18-19H2,1H3,(H,29,31). The van der Waals surface area contributed by atoms with Gasteiger partial charge in [0.05, 0.1) is 10.8 Å². The van der Waals surface area contributed by atoms with Crippen LogP contribution in [0.25, 0.3) is 0 Å². The summed E-state index contributed by atoms with van der Waals surface area (Å²) in [5.41, 5.74) is 1.75. The SMILES string of the molecule is Cc1ccc(C(=O)N2CCCC(C(=O)NC3CCCCC3)C2)cc1S(=O)(=O)NCc1ccccc1. The molecule has 1 heterocycles. The van der Waals surface area contributed by atoms with Crippen molar-refractivity contribution in [2.75, 3.05) is 13.1 Å². The molecule has 4 rings (SSSR count). The van der Waals surface area contributed by atoms with E-state index in [9.17, 15) is 18.0 Å². The number of likely N-dealkylation sites (tertiary alicyclic amines) is 1.